The lowest BCUT2D eigenvalue weighted by Crippen LogP contribution is -2.23. The van der Waals surface area contributed by atoms with Crippen LogP contribution in [0.5, 0.6) is 11.5 Å². The van der Waals surface area contributed by atoms with Crippen molar-refractivity contribution < 1.29 is 14.3 Å². The topological polar surface area (TPSA) is 64.9 Å². The molecule has 2 heterocycles. The van der Waals surface area contributed by atoms with Gasteiger partial charge < -0.3 is 19.2 Å². The number of rotatable bonds is 5. The first-order valence-electron chi connectivity index (χ1n) is 7.24. The van der Waals surface area contributed by atoms with E-state index in [0.29, 0.717) is 28.6 Å². The summed E-state index contributed by atoms with van der Waals surface area (Å²) in [4.78, 5) is 16.8. The van der Waals surface area contributed by atoms with Crippen LogP contribution in [0, 0.1) is 0 Å². The second-order valence-electron chi connectivity index (χ2n) is 5.09. The highest BCUT2D eigenvalue weighted by atomic mass is 35.5. The number of methoxy groups -OCH3 is 2. The smallest absolute Gasteiger partial charge is 0.255 e. The highest BCUT2D eigenvalue weighted by Crippen LogP contribution is 2.24. The molecule has 1 N–H and O–H groups in total. The number of carbonyl (C=O) groups is 1. The van der Waals surface area contributed by atoms with Gasteiger partial charge in [-0.1, -0.05) is 11.6 Å². The highest BCUT2D eigenvalue weighted by Gasteiger charge is 2.13. The molecule has 0 fully saturated rings. The molecular formula is C17H16ClN3O3. The first-order valence-corrected chi connectivity index (χ1v) is 7.62. The number of carbonyl (C=O) groups excluding carboxylic acids is 1. The van der Waals surface area contributed by atoms with Crippen molar-refractivity contribution in [2.45, 2.75) is 6.54 Å². The van der Waals surface area contributed by atoms with Gasteiger partial charge in [0.2, 0.25) is 0 Å². The Kier molecular flexibility index (Phi) is 4.57. The van der Waals surface area contributed by atoms with Gasteiger partial charge in [0.05, 0.1) is 37.0 Å². The molecule has 124 valence electrons. The van der Waals surface area contributed by atoms with Crippen molar-refractivity contribution in [3.8, 4) is 11.5 Å². The molecule has 0 spiro atoms. The molecule has 0 saturated heterocycles. The number of amides is 1. The maximum atomic E-state index is 12.4. The summed E-state index contributed by atoms with van der Waals surface area (Å²) < 4.78 is 12.2. The predicted octanol–water partition coefficient (Wildman–Crippen LogP) is 2.93. The fraction of sp³-hybridized carbons (Fsp3) is 0.176. The van der Waals surface area contributed by atoms with Gasteiger partial charge in [-0.25, -0.2) is 4.98 Å². The molecule has 0 aliphatic heterocycles. The highest BCUT2D eigenvalue weighted by molar-refractivity contribution is 6.30. The van der Waals surface area contributed by atoms with E-state index in [-0.39, 0.29) is 5.91 Å². The van der Waals surface area contributed by atoms with Gasteiger partial charge in [0.15, 0.2) is 0 Å². The number of benzene rings is 1. The molecule has 0 bridgehead atoms. The third-order valence-corrected chi connectivity index (χ3v) is 3.77. The lowest BCUT2D eigenvalue weighted by Gasteiger charge is -2.10. The van der Waals surface area contributed by atoms with Gasteiger partial charge in [0, 0.05) is 18.5 Å². The molecule has 0 unspecified atom stereocenters. The molecule has 1 aromatic carbocycles. The lowest BCUT2D eigenvalue weighted by molar-refractivity contribution is 0.0947. The summed E-state index contributed by atoms with van der Waals surface area (Å²) in [5.74, 6) is 0.832. The van der Waals surface area contributed by atoms with Crippen LogP contribution < -0.4 is 14.8 Å². The first-order chi connectivity index (χ1) is 11.6. The van der Waals surface area contributed by atoms with Gasteiger partial charge in [-0.2, -0.15) is 0 Å². The molecule has 0 aliphatic carbocycles. The van der Waals surface area contributed by atoms with Crippen LogP contribution in [0.15, 0.2) is 42.7 Å². The average molecular weight is 346 g/mol. The van der Waals surface area contributed by atoms with E-state index < -0.39 is 0 Å². The van der Waals surface area contributed by atoms with Gasteiger partial charge in [0.1, 0.15) is 17.1 Å². The number of pyridine rings is 1. The zero-order chi connectivity index (χ0) is 17.1. The van der Waals surface area contributed by atoms with Crippen LogP contribution in [0.2, 0.25) is 5.02 Å². The number of aromatic nitrogens is 2. The quantitative estimate of drug-likeness (QED) is 0.772. The third-order valence-electron chi connectivity index (χ3n) is 3.55. The summed E-state index contributed by atoms with van der Waals surface area (Å²) in [5, 5.41) is 3.46. The lowest BCUT2D eigenvalue weighted by atomic mass is 10.1. The number of hydrogen-bond donors (Lipinski definition) is 1. The van der Waals surface area contributed by atoms with Gasteiger partial charge in [-0.05, 0) is 24.3 Å². The van der Waals surface area contributed by atoms with E-state index in [0.717, 1.165) is 11.3 Å². The molecule has 3 rings (SSSR count). The maximum absolute atomic E-state index is 12.4. The van der Waals surface area contributed by atoms with Crippen molar-refractivity contribution in [1.29, 1.82) is 0 Å². The first kappa shape index (κ1) is 16.1. The SMILES string of the molecule is COc1ccc(C(=O)NCc2cn3cc(Cl)ccc3n2)c(OC)c1. The molecule has 2 aromatic heterocycles. The van der Waals surface area contributed by atoms with Crippen LogP contribution in [0.3, 0.4) is 0 Å². The summed E-state index contributed by atoms with van der Waals surface area (Å²) in [7, 11) is 3.07. The van der Waals surface area contributed by atoms with Crippen LogP contribution in [0.1, 0.15) is 16.1 Å². The zero-order valence-corrected chi connectivity index (χ0v) is 14.0. The molecule has 7 heteroatoms. The molecule has 1 amide bonds. The van der Waals surface area contributed by atoms with E-state index in [2.05, 4.69) is 10.3 Å². The Morgan fingerprint density at radius 3 is 2.79 bits per heavy atom. The summed E-state index contributed by atoms with van der Waals surface area (Å²) in [6.07, 6.45) is 3.59. The molecule has 0 aliphatic rings. The van der Waals surface area contributed by atoms with Gasteiger partial charge >= 0.3 is 0 Å². The van der Waals surface area contributed by atoms with Crippen molar-refractivity contribution in [3.63, 3.8) is 0 Å². The molecular weight excluding hydrogens is 330 g/mol. The fourth-order valence-corrected chi connectivity index (χ4v) is 2.52. The molecule has 6 nitrogen and oxygen atoms in total. The number of hydrogen-bond acceptors (Lipinski definition) is 4. The van der Waals surface area contributed by atoms with Gasteiger partial charge in [-0.3, -0.25) is 4.79 Å². The molecule has 0 saturated carbocycles. The van der Waals surface area contributed by atoms with Crippen LogP contribution >= 0.6 is 11.6 Å². The minimum absolute atomic E-state index is 0.246. The average Bonchev–Trinajstić information content (AvgIpc) is 3.00. The largest absolute Gasteiger partial charge is 0.497 e. The van der Waals surface area contributed by atoms with Gasteiger partial charge in [0.25, 0.3) is 5.91 Å². The standard InChI is InChI=1S/C17H16ClN3O3/c1-23-13-4-5-14(15(7-13)24-2)17(22)19-8-12-10-21-9-11(18)3-6-16(21)20-12/h3-7,9-10H,8H2,1-2H3,(H,19,22). The Labute approximate surface area is 144 Å². The fourth-order valence-electron chi connectivity index (χ4n) is 2.35. The van der Waals surface area contributed by atoms with Crippen molar-refractivity contribution in [3.05, 3.63) is 59.0 Å². The normalized spacial score (nSPS) is 10.6. The third kappa shape index (κ3) is 3.28. The second kappa shape index (κ2) is 6.80. The second-order valence-corrected chi connectivity index (χ2v) is 5.53. The number of ether oxygens (including phenoxy) is 2. The number of fused-ring (bicyclic) bond motifs is 1. The van der Waals surface area contributed by atoms with Crippen molar-refractivity contribution in [2.24, 2.45) is 0 Å². The number of halogens is 1. The van der Waals surface area contributed by atoms with Crippen LogP contribution in [-0.2, 0) is 6.54 Å². The van der Waals surface area contributed by atoms with Crippen molar-refractivity contribution in [1.82, 2.24) is 14.7 Å². The van der Waals surface area contributed by atoms with E-state index in [1.165, 1.54) is 7.11 Å². The van der Waals surface area contributed by atoms with Crippen LogP contribution in [-0.4, -0.2) is 29.5 Å². The molecule has 0 radical (unpaired) electrons. The Bertz CT molecular complexity index is 892. The predicted molar refractivity (Wildman–Crippen MR) is 90.9 cm³/mol. The molecule has 3 aromatic rings. The summed E-state index contributed by atoms with van der Waals surface area (Å²) >= 11 is 5.95. The minimum Gasteiger partial charge on any atom is -0.497 e. The van der Waals surface area contributed by atoms with Crippen molar-refractivity contribution in [2.75, 3.05) is 14.2 Å². The molecule has 24 heavy (non-hydrogen) atoms. The van der Waals surface area contributed by atoms with Crippen molar-refractivity contribution >= 4 is 23.2 Å². The van der Waals surface area contributed by atoms with E-state index in [1.54, 1.807) is 37.6 Å². The summed E-state index contributed by atoms with van der Waals surface area (Å²) in [6, 6.07) is 8.64. The number of nitrogens with one attached hydrogen (secondary N) is 1. The van der Waals surface area contributed by atoms with Gasteiger partial charge in [-0.15, -0.1) is 0 Å². The Balaban J connectivity index is 1.74. The maximum Gasteiger partial charge on any atom is 0.255 e. The number of nitrogens with zero attached hydrogens (tertiary/aromatic N) is 2. The Hall–Kier alpha value is -2.73. The summed E-state index contributed by atoms with van der Waals surface area (Å²) in [6.45, 7) is 0.299. The summed E-state index contributed by atoms with van der Waals surface area (Å²) in [5.41, 5.74) is 1.94. The van der Waals surface area contributed by atoms with E-state index >= 15 is 0 Å². The van der Waals surface area contributed by atoms with Crippen LogP contribution in [0.25, 0.3) is 5.65 Å². The minimum atomic E-state index is -0.246. The van der Waals surface area contributed by atoms with E-state index in [1.807, 2.05) is 16.7 Å². The molecule has 0 atom stereocenters. The Morgan fingerprint density at radius 1 is 1.21 bits per heavy atom. The zero-order valence-electron chi connectivity index (χ0n) is 13.2. The van der Waals surface area contributed by atoms with E-state index in [9.17, 15) is 4.79 Å². The number of imidazole rings is 1. The van der Waals surface area contributed by atoms with E-state index in [4.69, 9.17) is 21.1 Å². The monoisotopic (exact) mass is 345 g/mol. The van der Waals surface area contributed by atoms with Crippen LogP contribution in [0.4, 0.5) is 0 Å². The Morgan fingerprint density at radius 2 is 2.04 bits per heavy atom.